The molecule has 1 aliphatic heterocycles. The summed E-state index contributed by atoms with van der Waals surface area (Å²) in [6.45, 7) is 3.15. The van der Waals surface area contributed by atoms with E-state index in [1.54, 1.807) is 0 Å². The second-order valence-corrected chi connectivity index (χ2v) is 6.95. The van der Waals surface area contributed by atoms with Crippen LogP contribution in [0.2, 0.25) is 0 Å². The second-order valence-electron chi connectivity index (χ2n) is 6.95. The fourth-order valence-corrected chi connectivity index (χ4v) is 3.01. The van der Waals surface area contributed by atoms with Crippen LogP contribution >= 0.6 is 24.0 Å². The third-order valence-corrected chi connectivity index (χ3v) is 4.36. The molecule has 1 aromatic rings. The topological polar surface area (TPSA) is 64.6 Å². The van der Waals surface area contributed by atoms with Crippen LogP contribution in [0.15, 0.2) is 23.3 Å². The van der Waals surface area contributed by atoms with E-state index in [2.05, 4.69) is 25.9 Å². The van der Waals surface area contributed by atoms with E-state index < -0.39 is 24.5 Å². The summed E-state index contributed by atoms with van der Waals surface area (Å²) in [5, 5.41) is 9.14. The first kappa shape index (κ1) is 27.5. The Kier molecular flexibility index (Phi) is 11.1. The highest BCUT2D eigenvalue weighted by molar-refractivity contribution is 14.0. The Hall–Kier alpha value is -1.51. The molecule has 0 aliphatic carbocycles. The SMILES string of the molecule is CCNC(=NCCCNc1ccc(C(F)(F)F)cn1)NC1CCN(CC(F)(F)F)C1.I. The summed E-state index contributed by atoms with van der Waals surface area (Å²) in [4.78, 5) is 9.49. The minimum absolute atomic E-state index is 0. The molecule has 0 saturated carbocycles. The number of hydrogen-bond donors (Lipinski definition) is 3. The lowest BCUT2D eigenvalue weighted by Crippen LogP contribution is -2.45. The number of hydrogen-bond acceptors (Lipinski definition) is 4. The Morgan fingerprint density at radius 3 is 2.55 bits per heavy atom. The number of anilines is 1. The van der Waals surface area contributed by atoms with Crippen LogP contribution in [-0.2, 0) is 6.18 Å². The summed E-state index contributed by atoms with van der Waals surface area (Å²) in [6, 6.07) is 2.12. The highest BCUT2D eigenvalue weighted by atomic mass is 127. The number of pyridine rings is 1. The zero-order valence-corrected chi connectivity index (χ0v) is 19.3. The predicted molar refractivity (Wildman–Crippen MR) is 118 cm³/mol. The lowest BCUT2D eigenvalue weighted by Gasteiger charge is -2.19. The van der Waals surface area contributed by atoms with Crippen molar-refractivity contribution < 1.29 is 26.3 Å². The number of nitrogens with one attached hydrogen (secondary N) is 3. The maximum atomic E-state index is 12.5. The van der Waals surface area contributed by atoms with Crippen LogP contribution in [0, 0.1) is 0 Å². The molecule has 1 atom stereocenters. The molecule has 2 rings (SSSR count). The largest absolute Gasteiger partial charge is 0.417 e. The van der Waals surface area contributed by atoms with E-state index in [-0.39, 0.29) is 30.0 Å². The molecule has 3 N–H and O–H groups in total. The van der Waals surface area contributed by atoms with Gasteiger partial charge in [-0.15, -0.1) is 24.0 Å². The molecule has 0 bridgehead atoms. The van der Waals surface area contributed by atoms with Gasteiger partial charge in [-0.1, -0.05) is 0 Å². The summed E-state index contributed by atoms with van der Waals surface area (Å²) in [6.07, 6.45) is -6.65. The van der Waals surface area contributed by atoms with Crippen molar-refractivity contribution in [1.29, 1.82) is 0 Å². The highest BCUT2D eigenvalue weighted by Crippen LogP contribution is 2.28. The number of aliphatic imine (C=N–C) groups is 1. The van der Waals surface area contributed by atoms with E-state index in [0.717, 1.165) is 12.3 Å². The number of likely N-dealkylation sites (tertiary alicyclic amines) is 1. The standard InChI is InChI=1S/C18H26F6N6.HI/c1-2-25-16(29-14-6-9-30(11-14)12-17(19,20)21)27-8-3-7-26-15-5-4-13(10-28-15)18(22,23)24;/h4-5,10,14H,2-3,6-9,11-12H2,1H3,(H,26,28)(H2,25,27,29);1H. The number of rotatable bonds is 8. The summed E-state index contributed by atoms with van der Waals surface area (Å²) in [5.74, 6) is 0.872. The van der Waals surface area contributed by atoms with Gasteiger partial charge in [0.2, 0.25) is 0 Å². The van der Waals surface area contributed by atoms with Gasteiger partial charge in [0.15, 0.2) is 5.96 Å². The minimum atomic E-state index is -4.42. The average molecular weight is 568 g/mol. The van der Waals surface area contributed by atoms with Gasteiger partial charge in [-0.2, -0.15) is 26.3 Å². The molecule has 2 heterocycles. The van der Waals surface area contributed by atoms with Crippen LogP contribution in [0.1, 0.15) is 25.3 Å². The maximum absolute atomic E-state index is 12.5. The Labute approximate surface area is 194 Å². The lowest BCUT2D eigenvalue weighted by atomic mass is 10.3. The summed E-state index contributed by atoms with van der Waals surface area (Å²) < 4.78 is 75.0. The molecule has 1 aliphatic rings. The summed E-state index contributed by atoms with van der Waals surface area (Å²) in [5.41, 5.74) is -0.806. The van der Waals surface area contributed by atoms with Crippen molar-refractivity contribution >= 4 is 35.8 Å². The number of nitrogens with zero attached hydrogens (tertiary/aromatic N) is 3. The van der Waals surface area contributed by atoms with Crippen molar-refractivity contribution in [2.75, 3.05) is 44.6 Å². The third-order valence-electron chi connectivity index (χ3n) is 4.36. The van der Waals surface area contributed by atoms with E-state index in [9.17, 15) is 26.3 Å². The van der Waals surface area contributed by atoms with Crippen molar-refractivity contribution in [2.45, 2.75) is 38.2 Å². The number of aromatic nitrogens is 1. The Bertz CT molecular complexity index is 680. The van der Waals surface area contributed by atoms with Gasteiger partial charge in [0.1, 0.15) is 5.82 Å². The molecule has 0 aromatic carbocycles. The van der Waals surface area contributed by atoms with Crippen LogP contribution in [0.3, 0.4) is 0 Å². The minimum Gasteiger partial charge on any atom is -0.370 e. The van der Waals surface area contributed by atoms with Crippen LogP contribution < -0.4 is 16.0 Å². The van der Waals surface area contributed by atoms with Crippen LogP contribution in [0.5, 0.6) is 0 Å². The van der Waals surface area contributed by atoms with Crippen LogP contribution in [-0.4, -0.2) is 67.3 Å². The molecule has 0 radical (unpaired) electrons. The van der Waals surface area contributed by atoms with E-state index >= 15 is 0 Å². The van der Waals surface area contributed by atoms with E-state index in [1.165, 1.54) is 11.0 Å². The molecule has 13 heteroatoms. The zero-order valence-electron chi connectivity index (χ0n) is 17.0. The smallest absolute Gasteiger partial charge is 0.370 e. The van der Waals surface area contributed by atoms with E-state index in [4.69, 9.17) is 0 Å². The van der Waals surface area contributed by atoms with E-state index in [0.29, 0.717) is 57.3 Å². The first-order valence-corrected chi connectivity index (χ1v) is 9.68. The Morgan fingerprint density at radius 1 is 1.23 bits per heavy atom. The Morgan fingerprint density at radius 2 is 1.97 bits per heavy atom. The van der Waals surface area contributed by atoms with Crippen molar-refractivity contribution in [3.8, 4) is 0 Å². The molecule has 0 spiro atoms. The molecule has 1 saturated heterocycles. The van der Waals surface area contributed by atoms with Gasteiger partial charge in [-0.3, -0.25) is 9.89 Å². The first-order valence-electron chi connectivity index (χ1n) is 9.68. The van der Waals surface area contributed by atoms with Gasteiger partial charge in [-0.05, 0) is 31.9 Å². The Balaban J connectivity index is 0.00000480. The normalized spacial score (nSPS) is 17.9. The molecular weight excluding hydrogens is 541 g/mol. The number of halogens is 7. The maximum Gasteiger partial charge on any atom is 0.417 e. The number of alkyl halides is 6. The fraction of sp³-hybridized carbons (Fsp3) is 0.667. The van der Waals surface area contributed by atoms with Crippen molar-refractivity contribution in [1.82, 2.24) is 20.5 Å². The summed E-state index contributed by atoms with van der Waals surface area (Å²) >= 11 is 0. The zero-order chi connectivity index (χ0) is 22.2. The lowest BCUT2D eigenvalue weighted by molar-refractivity contribution is -0.143. The van der Waals surface area contributed by atoms with Crippen molar-refractivity contribution in [3.63, 3.8) is 0 Å². The van der Waals surface area contributed by atoms with Gasteiger partial charge in [-0.25, -0.2) is 4.98 Å². The molecule has 6 nitrogen and oxygen atoms in total. The molecule has 0 amide bonds. The molecule has 178 valence electrons. The number of guanidine groups is 1. The van der Waals surface area contributed by atoms with Crippen molar-refractivity contribution in [2.24, 2.45) is 4.99 Å². The monoisotopic (exact) mass is 568 g/mol. The van der Waals surface area contributed by atoms with Crippen LogP contribution in [0.25, 0.3) is 0 Å². The molecule has 1 unspecified atom stereocenters. The average Bonchev–Trinajstić information content (AvgIpc) is 3.06. The quantitative estimate of drug-likeness (QED) is 0.147. The highest BCUT2D eigenvalue weighted by Gasteiger charge is 2.34. The van der Waals surface area contributed by atoms with Gasteiger partial charge in [0, 0.05) is 45.0 Å². The van der Waals surface area contributed by atoms with Gasteiger partial charge < -0.3 is 16.0 Å². The van der Waals surface area contributed by atoms with Gasteiger partial charge in [0.25, 0.3) is 0 Å². The molecule has 1 aromatic heterocycles. The third kappa shape index (κ3) is 10.6. The van der Waals surface area contributed by atoms with E-state index in [1.807, 2.05) is 6.92 Å². The predicted octanol–water partition coefficient (Wildman–Crippen LogP) is 3.71. The second kappa shape index (κ2) is 12.5. The van der Waals surface area contributed by atoms with Gasteiger partial charge in [0.05, 0.1) is 12.1 Å². The van der Waals surface area contributed by atoms with Crippen molar-refractivity contribution in [3.05, 3.63) is 23.9 Å². The fourth-order valence-electron chi connectivity index (χ4n) is 3.01. The molecule has 31 heavy (non-hydrogen) atoms. The van der Waals surface area contributed by atoms with Crippen LogP contribution in [0.4, 0.5) is 32.2 Å². The molecule has 1 fully saturated rings. The summed E-state index contributed by atoms with van der Waals surface area (Å²) in [7, 11) is 0. The molecular formula is C18H27F6IN6. The van der Waals surface area contributed by atoms with Gasteiger partial charge >= 0.3 is 12.4 Å². The first-order chi connectivity index (χ1) is 14.1.